The molecule has 9 heteroatoms. The summed E-state index contributed by atoms with van der Waals surface area (Å²) in [6, 6.07) is 7.51. The highest BCUT2D eigenvalue weighted by atomic mass is 127. The summed E-state index contributed by atoms with van der Waals surface area (Å²) in [6.45, 7) is 4.46. The maximum atomic E-state index is 12.0. The van der Waals surface area contributed by atoms with Crippen LogP contribution in [0.15, 0.2) is 33.7 Å². The molecule has 0 bridgehead atoms. The summed E-state index contributed by atoms with van der Waals surface area (Å²) < 4.78 is 12.0. The Morgan fingerprint density at radius 3 is 2.71 bits per heavy atom. The molecule has 1 aromatic carbocycles. The first-order chi connectivity index (χ1) is 13.2. The molecule has 1 unspecified atom stereocenters. The predicted octanol–water partition coefficient (Wildman–Crippen LogP) is 3.00. The first-order valence-electron chi connectivity index (χ1n) is 9.33. The third-order valence-corrected chi connectivity index (χ3v) is 4.66. The average Bonchev–Trinajstić information content (AvgIpc) is 3.18. The van der Waals surface area contributed by atoms with Gasteiger partial charge in [0.2, 0.25) is 5.91 Å². The lowest BCUT2D eigenvalue weighted by molar-refractivity contribution is -0.116. The second-order valence-electron chi connectivity index (χ2n) is 6.39. The molecule has 2 rings (SSSR count). The first kappa shape index (κ1) is 25.1. The van der Waals surface area contributed by atoms with Crippen molar-refractivity contribution < 1.29 is 14.3 Å². The van der Waals surface area contributed by atoms with Crippen molar-refractivity contribution >= 4 is 57.5 Å². The van der Waals surface area contributed by atoms with Crippen LogP contribution in [0.4, 0.5) is 5.69 Å². The number of carbonyl (C=O) groups excluding carboxylic acids is 1. The normalized spacial score (nSPS) is 16.4. The molecule has 1 aliphatic rings. The highest BCUT2D eigenvalue weighted by Crippen LogP contribution is 2.14. The number of guanidine groups is 1. The Hall–Kier alpha value is -0.910. The van der Waals surface area contributed by atoms with Crippen molar-refractivity contribution in [1.29, 1.82) is 0 Å². The number of rotatable bonds is 10. The second kappa shape index (κ2) is 15.0. The van der Waals surface area contributed by atoms with Crippen LogP contribution < -0.4 is 16.0 Å². The molecule has 0 aliphatic carbocycles. The Morgan fingerprint density at radius 1 is 1.29 bits per heavy atom. The molecule has 28 heavy (non-hydrogen) atoms. The van der Waals surface area contributed by atoms with Crippen LogP contribution >= 0.6 is 39.9 Å². The molecule has 0 aromatic heterocycles. The van der Waals surface area contributed by atoms with E-state index >= 15 is 0 Å². The number of nitrogens with one attached hydrogen (secondary N) is 3. The van der Waals surface area contributed by atoms with E-state index in [2.05, 4.69) is 36.9 Å². The van der Waals surface area contributed by atoms with E-state index in [1.807, 2.05) is 24.3 Å². The average molecular weight is 569 g/mol. The molecule has 0 saturated carbocycles. The van der Waals surface area contributed by atoms with E-state index in [0.717, 1.165) is 56.0 Å². The van der Waals surface area contributed by atoms with Gasteiger partial charge in [-0.1, -0.05) is 15.9 Å². The van der Waals surface area contributed by atoms with Gasteiger partial charge >= 0.3 is 0 Å². The van der Waals surface area contributed by atoms with E-state index in [0.29, 0.717) is 24.8 Å². The highest BCUT2D eigenvalue weighted by Gasteiger charge is 2.15. The van der Waals surface area contributed by atoms with Gasteiger partial charge < -0.3 is 25.4 Å². The van der Waals surface area contributed by atoms with Gasteiger partial charge in [-0.25, -0.2) is 0 Å². The van der Waals surface area contributed by atoms with Gasteiger partial charge in [0.25, 0.3) is 0 Å². The van der Waals surface area contributed by atoms with Crippen molar-refractivity contribution in [3.8, 4) is 0 Å². The van der Waals surface area contributed by atoms with Gasteiger partial charge in [-0.3, -0.25) is 9.79 Å². The quantitative estimate of drug-likeness (QED) is 0.175. The molecule has 1 heterocycles. The van der Waals surface area contributed by atoms with E-state index in [1.54, 1.807) is 7.05 Å². The van der Waals surface area contributed by atoms with E-state index in [4.69, 9.17) is 9.47 Å². The molecular formula is C19H30BrIN4O3. The number of anilines is 1. The number of benzene rings is 1. The molecule has 0 radical (unpaired) electrons. The Bertz CT molecular complexity index is 595. The van der Waals surface area contributed by atoms with Gasteiger partial charge in [-0.15, -0.1) is 24.0 Å². The highest BCUT2D eigenvalue weighted by molar-refractivity contribution is 14.0. The lowest BCUT2D eigenvalue weighted by Crippen LogP contribution is -2.39. The van der Waals surface area contributed by atoms with Gasteiger partial charge in [0.15, 0.2) is 5.96 Å². The minimum absolute atomic E-state index is 0. The number of hydrogen-bond donors (Lipinski definition) is 3. The van der Waals surface area contributed by atoms with E-state index < -0.39 is 0 Å². The molecular weight excluding hydrogens is 539 g/mol. The molecule has 3 N–H and O–H groups in total. The number of carbonyl (C=O) groups is 1. The van der Waals surface area contributed by atoms with Gasteiger partial charge in [-0.2, -0.15) is 0 Å². The zero-order valence-electron chi connectivity index (χ0n) is 16.2. The van der Waals surface area contributed by atoms with Crippen LogP contribution in [0.5, 0.6) is 0 Å². The summed E-state index contributed by atoms with van der Waals surface area (Å²) in [5.74, 6) is 1.20. The Morgan fingerprint density at radius 2 is 2.04 bits per heavy atom. The van der Waals surface area contributed by atoms with E-state index in [-0.39, 0.29) is 29.9 Å². The lowest BCUT2D eigenvalue weighted by Gasteiger charge is -2.12. The minimum atomic E-state index is -0.0374. The smallest absolute Gasteiger partial charge is 0.226 e. The maximum absolute atomic E-state index is 12.0. The van der Waals surface area contributed by atoms with Crippen molar-refractivity contribution in [2.45, 2.75) is 19.3 Å². The first-order valence-corrected chi connectivity index (χ1v) is 10.1. The zero-order chi connectivity index (χ0) is 19.3. The van der Waals surface area contributed by atoms with Crippen molar-refractivity contribution in [3.05, 3.63) is 28.7 Å². The molecule has 1 aromatic rings. The van der Waals surface area contributed by atoms with Crippen LogP contribution in [0.3, 0.4) is 0 Å². The Balaban J connectivity index is 0.00000392. The van der Waals surface area contributed by atoms with Crippen LogP contribution in [-0.2, 0) is 14.3 Å². The van der Waals surface area contributed by atoms with Crippen LogP contribution in [0, 0.1) is 5.92 Å². The standard InChI is InChI=1S/C19H29BrN4O3.HI/c1-21-19(22-9-2-11-26-13-15-8-12-27-14-15)23-10-7-18(25)24-17-5-3-16(20)4-6-17;/h3-6,15H,2,7-14H2,1H3,(H,24,25)(H2,21,22,23);1H. The Labute approximate surface area is 192 Å². The van der Waals surface area contributed by atoms with Crippen molar-refractivity contribution in [2.75, 3.05) is 51.9 Å². The van der Waals surface area contributed by atoms with Crippen molar-refractivity contribution in [3.63, 3.8) is 0 Å². The lowest BCUT2D eigenvalue weighted by atomic mass is 10.1. The van der Waals surface area contributed by atoms with Crippen LogP contribution in [0.25, 0.3) is 0 Å². The molecule has 0 spiro atoms. The van der Waals surface area contributed by atoms with Crippen LogP contribution in [0.2, 0.25) is 0 Å². The number of aliphatic imine (C=N–C) groups is 1. The largest absolute Gasteiger partial charge is 0.381 e. The summed E-state index contributed by atoms with van der Waals surface area (Å²) in [5, 5.41) is 9.23. The number of nitrogens with zero attached hydrogens (tertiary/aromatic N) is 1. The molecule has 1 aliphatic heterocycles. The van der Waals surface area contributed by atoms with Gasteiger partial charge in [0, 0.05) is 55.8 Å². The van der Waals surface area contributed by atoms with Crippen LogP contribution in [-0.4, -0.2) is 58.4 Å². The third-order valence-electron chi connectivity index (χ3n) is 4.13. The molecule has 1 fully saturated rings. The van der Waals surface area contributed by atoms with Crippen LogP contribution in [0.1, 0.15) is 19.3 Å². The van der Waals surface area contributed by atoms with Gasteiger partial charge in [-0.05, 0) is 37.1 Å². The summed E-state index contributed by atoms with van der Waals surface area (Å²) >= 11 is 3.37. The summed E-state index contributed by atoms with van der Waals surface area (Å²) in [6.07, 6.45) is 2.37. The molecule has 158 valence electrons. The SMILES string of the molecule is CN=C(NCCCOCC1CCOC1)NCCC(=O)Nc1ccc(Br)cc1.I. The number of amides is 1. The maximum Gasteiger partial charge on any atom is 0.226 e. The molecule has 7 nitrogen and oxygen atoms in total. The second-order valence-corrected chi connectivity index (χ2v) is 7.30. The fourth-order valence-corrected chi connectivity index (χ4v) is 2.88. The van der Waals surface area contributed by atoms with Gasteiger partial charge in [0.1, 0.15) is 0 Å². The molecule has 1 atom stereocenters. The van der Waals surface area contributed by atoms with E-state index in [9.17, 15) is 4.79 Å². The summed E-state index contributed by atoms with van der Waals surface area (Å²) in [5.41, 5.74) is 0.787. The van der Waals surface area contributed by atoms with E-state index in [1.165, 1.54) is 0 Å². The van der Waals surface area contributed by atoms with Crippen molar-refractivity contribution in [2.24, 2.45) is 10.9 Å². The summed E-state index contributed by atoms with van der Waals surface area (Å²) in [7, 11) is 1.72. The topological polar surface area (TPSA) is 84.0 Å². The summed E-state index contributed by atoms with van der Waals surface area (Å²) in [4.78, 5) is 16.1. The molecule has 1 saturated heterocycles. The number of hydrogen-bond acceptors (Lipinski definition) is 4. The zero-order valence-corrected chi connectivity index (χ0v) is 20.1. The predicted molar refractivity (Wildman–Crippen MR) is 127 cm³/mol. The Kier molecular flexibility index (Phi) is 13.5. The number of ether oxygens (including phenoxy) is 2. The minimum Gasteiger partial charge on any atom is -0.381 e. The monoisotopic (exact) mass is 568 g/mol. The van der Waals surface area contributed by atoms with Crippen molar-refractivity contribution in [1.82, 2.24) is 10.6 Å². The fraction of sp³-hybridized carbons (Fsp3) is 0.579. The fourth-order valence-electron chi connectivity index (χ4n) is 2.62. The number of halogens is 2. The molecule has 1 amide bonds. The third kappa shape index (κ3) is 10.6. The van der Waals surface area contributed by atoms with Gasteiger partial charge in [0.05, 0.1) is 13.2 Å².